The number of carbonyl (C=O) groups excluding carboxylic acids is 2. The molecule has 0 amide bonds. The van der Waals surface area contributed by atoms with Gasteiger partial charge in [-0.3, -0.25) is 9.59 Å². The smallest absolute Gasteiger partial charge is 0.293 e. The fraction of sp³-hybridized carbons (Fsp3) is 0.667. The summed E-state index contributed by atoms with van der Waals surface area (Å²) in [5, 5.41) is 0. The minimum Gasteiger partial charge on any atom is -0.468 e. The number of hydrogen-bond acceptors (Lipinski definition) is 3. The maximum absolute atomic E-state index is 10.3. The van der Waals surface area contributed by atoms with E-state index >= 15 is 0 Å². The van der Waals surface area contributed by atoms with Gasteiger partial charge in [0, 0.05) is 18.8 Å². The number of ketones is 1. The fourth-order valence-electron chi connectivity index (χ4n) is 0.877. The maximum atomic E-state index is 10.3. The third-order valence-corrected chi connectivity index (χ3v) is 1.43. The minimum atomic E-state index is 0.273. The second-order valence-electron chi connectivity index (χ2n) is 2.24. The van der Waals surface area contributed by atoms with E-state index in [0.717, 1.165) is 0 Å². The average molecular weight is 128 g/mol. The van der Waals surface area contributed by atoms with Crippen molar-refractivity contribution in [3.8, 4) is 0 Å². The molecule has 3 heteroatoms. The zero-order chi connectivity index (χ0) is 6.69. The Bertz CT molecular complexity index is 122. The van der Waals surface area contributed by atoms with Crippen LogP contribution in [0.2, 0.25) is 0 Å². The first kappa shape index (κ1) is 6.26. The van der Waals surface area contributed by atoms with E-state index in [0.29, 0.717) is 31.8 Å². The second-order valence-corrected chi connectivity index (χ2v) is 2.24. The monoisotopic (exact) mass is 128 g/mol. The first-order chi connectivity index (χ1) is 4.33. The van der Waals surface area contributed by atoms with Gasteiger partial charge in [0.05, 0.1) is 6.61 Å². The fourth-order valence-corrected chi connectivity index (χ4v) is 0.877. The highest BCUT2D eigenvalue weighted by Crippen LogP contribution is 2.22. The number of rotatable bonds is 3. The standard InChI is InChI=1S/C6H8O3/c7-4-9-3-5-1-6(8)2-5/h4-5H,1-3H2. The Balaban J connectivity index is 2.03. The molecule has 0 aromatic carbocycles. The Morgan fingerprint density at radius 3 is 2.78 bits per heavy atom. The summed E-state index contributed by atoms with van der Waals surface area (Å²) in [5.41, 5.74) is 0. The van der Waals surface area contributed by atoms with Crippen LogP contribution in [0.1, 0.15) is 12.8 Å². The molecule has 3 nitrogen and oxygen atoms in total. The molecule has 9 heavy (non-hydrogen) atoms. The lowest BCUT2D eigenvalue weighted by Crippen LogP contribution is -2.27. The Morgan fingerprint density at radius 2 is 2.33 bits per heavy atom. The van der Waals surface area contributed by atoms with Crippen molar-refractivity contribution in [3.63, 3.8) is 0 Å². The van der Waals surface area contributed by atoms with E-state index in [1.807, 2.05) is 0 Å². The Labute approximate surface area is 53.0 Å². The third kappa shape index (κ3) is 1.52. The third-order valence-electron chi connectivity index (χ3n) is 1.43. The zero-order valence-corrected chi connectivity index (χ0v) is 5.00. The van der Waals surface area contributed by atoms with Crippen molar-refractivity contribution in [2.24, 2.45) is 5.92 Å². The van der Waals surface area contributed by atoms with Crippen LogP contribution in [0.25, 0.3) is 0 Å². The first-order valence-corrected chi connectivity index (χ1v) is 2.90. The molecule has 0 radical (unpaired) electrons. The lowest BCUT2D eigenvalue weighted by molar-refractivity contribution is -0.136. The molecule has 1 rings (SSSR count). The van der Waals surface area contributed by atoms with Gasteiger partial charge >= 0.3 is 0 Å². The van der Waals surface area contributed by atoms with Gasteiger partial charge in [0.15, 0.2) is 0 Å². The predicted molar refractivity (Wildman–Crippen MR) is 29.7 cm³/mol. The van der Waals surface area contributed by atoms with Crippen molar-refractivity contribution >= 4 is 12.3 Å². The molecule has 1 saturated carbocycles. The van der Waals surface area contributed by atoms with Crippen molar-refractivity contribution in [2.75, 3.05) is 6.61 Å². The molecule has 0 saturated heterocycles. The molecular weight excluding hydrogens is 120 g/mol. The second kappa shape index (κ2) is 2.62. The van der Waals surface area contributed by atoms with Gasteiger partial charge in [0.2, 0.25) is 0 Å². The van der Waals surface area contributed by atoms with E-state index in [2.05, 4.69) is 4.74 Å². The topological polar surface area (TPSA) is 43.4 Å². The quantitative estimate of drug-likeness (QED) is 0.508. The SMILES string of the molecule is O=COCC1CC(=O)C1. The van der Waals surface area contributed by atoms with Gasteiger partial charge in [-0.1, -0.05) is 0 Å². The van der Waals surface area contributed by atoms with Crippen molar-refractivity contribution in [2.45, 2.75) is 12.8 Å². The summed E-state index contributed by atoms with van der Waals surface area (Å²) in [4.78, 5) is 20.0. The van der Waals surface area contributed by atoms with E-state index in [-0.39, 0.29) is 5.78 Å². The van der Waals surface area contributed by atoms with Crippen LogP contribution in [-0.2, 0) is 14.3 Å². The van der Waals surface area contributed by atoms with Crippen molar-refractivity contribution in [3.05, 3.63) is 0 Å². The number of carbonyl (C=O) groups is 2. The highest BCUT2D eigenvalue weighted by molar-refractivity contribution is 5.84. The van der Waals surface area contributed by atoms with Gasteiger partial charge < -0.3 is 4.74 Å². The maximum Gasteiger partial charge on any atom is 0.293 e. The van der Waals surface area contributed by atoms with Crippen molar-refractivity contribution < 1.29 is 14.3 Å². The summed E-state index contributed by atoms with van der Waals surface area (Å²) < 4.78 is 4.45. The molecular formula is C6H8O3. The summed E-state index contributed by atoms with van der Waals surface area (Å²) in [5.74, 6) is 0.581. The number of Topliss-reactive ketones (excluding diaryl/α,β-unsaturated/α-hetero) is 1. The molecule has 0 heterocycles. The summed E-state index contributed by atoms with van der Waals surface area (Å²) >= 11 is 0. The summed E-state index contributed by atoms with van der Waals surface area (Å²) in [6, 6.07) is 0. The molecule has 1 aliphatic carbocycles. The van der Waals surface area contributed by atoms with E-state index < -0.39 is 0 Å². The van der Waals surface area contributed by atoms with E-state index in [1.165, 1.54) is 0 Å². The highest BCUT2D eigenvalue weighted by Gasteiger charge is 2.26. The Morgan fingerprint density at radius 1 is 1.67 bits per heavy atom. The molecule has 1 aliphatic rings. The van der Waals surface area contributed by atoms with Crippen molar-refractivity contribution in [1.29, 1.82) is 0 Å². The van der Waals surface area contributed by atoms with Gasteiger partial charge in [-0.25, -0.2) is 0 Å². The summed E-state index contributed by atoms with van der Waals surface area (Å²) in [6.45, 7) is 0.831. The molecule has 0 N–H and O–H groups in total. The van der Waals surface area contributed by atoms with Crippen LogP contribution in [0.15, 0.2) is 0 Å². The van der Waals surface area contributed by atoms with Gasteiger partial charge in [0.1, 0.15) is 5.78 Å². The lowest BCUT2D eigenvalue weighted by Gasteiger charge is -2.21. The van der Waals surface area contributed by atoms with Crippen LogP contribution in [0.4, 0.5) is 0 Å². The molecule has 0 bridgehead atoms. The molecule has 0 atom stereocenters. The molecule has 0 unspecified atom stereocenters. The van der Waals surface area contributed by atoms with E-state index in [4.69, 9.17) is 0 Å². The predicted octanol–water partition coefficient (Wildman–Crippen LogP) is 0.138. The van der Waals surface area contributed by atoms with Gasteiger partial charge in [-0.2, -0.15) is 0 Å². The van der Waals surface area contributed by atoms with Gasteiger partial charge in [-0.15, -0.1) is 0 Å². The molecule has 0 aliphatic heterocycles. The van der Waals surface area contributed by atoms with Crippen LogP contribution in [0, 0.1) is 5.92 Å². The van der Waals surface area contributed by atoms with Crippen molar-refractivity contribution in [1.82, 2.24) is 0 Å². The van der Waals surface area contributed by atoms with Crippen LogP contribution < -0.4 is 0 Å². The number of hydrogen-bond donors (Lipinski definition) is 0. The normalized spacial score (nSPS) is 18.9. The summed E-state index contributed by atoms with van der Waals surface area (Å²) in [6.07, 6.45) is 1.18. The Hall–Kier alpha value is -0.860. The van der Waals surface area contributed by atoms with Gasteiger partial charge in [-0.05, 0) is 0 Å². The zero-order valence-electron chi connectivity index (χ0n) is 5.00. The lowest BCUT2D eigenvalue weighted by atomic mass is 9.85. The molecule has 0 spiro atoms. The van der Waals surface area contributed by atoms with E-state index in [9.17, 15) is 9.59 Å². The Kier molecular flexibility index (Phi) is 1.82. The first-order valence-electron chi connectivity index (χ1n) is 2.90. The van der Waals surface area contributed by atoms with Crippen LogP contribution in [-0.4, -0.2) is 18.9 Å². The number of ether oxygens (including phenoxy) is 1. The molecule has 0 aromatic rings. The van der Waals surface area contributed by atoms with Crippen LogP contribution in [0.5, 0.6) is 0 Å². The highest BCUT2D eigenvalue weighted by atomic mass is 16.5. The molecule has 0 aromatic heterocycles. The van der Waals surface area contributed by atoms with E-state index in [1.54, 1.807) is 0 Å². The van der Waals surface area contributed by atoms with Crippen LogP contribution >= 0.6 is 0 Å². The van der Waals surface area contributed by atoms with Gasteiger partial charge in [0.25, 0.3) is 6.47 Å². The average Bonchev–Trinajstić information content (AvgIpc) is 1.78. The summed E-state index contributed by atoms with van der Waals surface area (Å²) in [7, 11) is 0. The largest absolute Gasteiger partial charge is 0.468 e. The molecule has 50 valence electrons. The molecule has 1 fully saturated rings. The van der Waals surface area contributed by atoms with Crippen LogP contribution in [0.3, 0.4) is 0 Å². The minimum absolute atomic E-state index is 0.273.